The number of ether oxygens (including phenoxy) is 1. The van der Waals surface area contributed by atoms with E-state index in [4.69, 9.17) is 27.0 Å². The quantitative estimate of drug-likeness (QED) is 0.580. The number of nitrogens with two attached hydrogens (primary N) is 3. The lowest BCUT2D eigenvalue weighted by atomic mass is 9.78. The van der Waals surface area contributed by atoms with Crippen LogP contribution in [-0.4, -0.2) is 32.6 Å². The summed E-state index contributed by atoms with van der Waals surface area (Å²) in [4.78, 5) is 23.5. The molecule has 1 aromatic heterocycles. The van der Waals surface area contributed by atoms with Crippen LogP contribution in [0, 0.1) is 5.92 Å². The normalized spacial score (nSPS) is 23.3. The van der Waals surface area contributed by atoms with Crippen molar-refractivity contribution < 1.29 is 14.6 Å². The van der Waals surface area contributed by atoms with E-state index in [2.05, 4.69) is 15.0 Å². The molecule has 0 saturated heterocycles. The number of fused-ring (bicyclic) bond motifs is 1. The van der Waals surface area contributed by atoms with E-state index in [0.29, 0.717) is 35.7 Å². The fraction of sp³-hybridized carbons (Fsp3) is 0.368. The summed E-state index contributed by atoms with van der Waals surface area (Å²) in [6.07, 6.45) is 4.39. The zero-order valence-electron chi connectivity index (χ0n) is 15.2. The number of nitrogen functional groups attached to an aromatic ring is 1. The molecule has 2 aromatic rings. The Morgan fingerprint density at radius 3 is 2.43 bits per heavy atom. The van der Waals surface area contributed by atoms with Gasteiger partial charge in [-0.15, -0.1) is 0 Å². The van der Waals surface area contributed by atoms with Crippen LogP contribution in [0.15, 0.2) is 35.6 Å². The molecule has 1 aliphatic heterocycles. The van der Waals surface area contributed by atoms with Gasteiger partial charge < -0.3 is 15.6 Å². The average Bonchev–Trinajstić information content (AvgIpc) is 2.67. The van der Waals surface area contributed by atoms with E-state index in [1.54, 1.807) is 0 Å². The summed E-state index contributed by atoms with van der Waals surface area (Å²) in [5, 5.41) is 9.15. The average molecular weight is 382 g/mol. The molecule has 0 atom stereocenters. The van der Waals surface area contributed by atoms with Crippen LogP contribution < -0.4 is 21.9 Å². The second kappa shape index (κ2) is 6.84. The minimum Gasteiger partial charge on any atom is -0.481 e. The predicted molar refractivity (Wildman–Crippen MR) is 103 cm³/mol. The number of aromatic nitrogens is 2. The number of nitrogens with zero attached hydrogens (tertiary/aromatic N) is 3. The van der Waals surface area contributed by atoms with Crippen LogP contribution in [0.2, 0.25) is 0 Å². The third-order valence-electron chi connectivity index (χ3n) is 5.41. The maximum Gasteiger partial charge on any atom is 0.306 e. The second-order valence-corrected chi connectivity index (χ2v) is 7.28. The Bertz CT molecular complexity index is 933. The fourth-order valence-electron chi connectivity index (χ4n) is 3.84. The Kier molecular flexibility index (Phi) is 4.48. The largest absolute Gasteiger partial charge is 0.481 e. The molecule has 7 N–H and O–H groups in total. The molecule has 0 spiro atoms. The molecule has 0 radical (unpaired) electrons. The molecule has 0 bridgehead atoms. The molecule has 146 valence electrons. The number of carboxylic acids is 1. The van der Waals surface area contributed by atoms with Gasteiger partial charge in [0, 0.05) is 5.56 Å². The number of rotatable bonds is 3. The van der Waals surface area contributed by atoms with Crippen molar-refractivity contribution >= 4 is 23.2 Å². The van der Waals surface area contributed by atoms with Gasteiger partial charge in [-0.1, -0.05) is 24.3 Å². The van der Waals surface area contributed by atoms with Gasteiger partial charge >= 0.3 is 5.97 Å². The molecule has 1 aliphatic carbocycles. The molecule has 4 rings (SSSR count). The Morgan fingerprint density at radius 2 is 1.79 bits per heavy atom. The van der Waals surface area contributed by atoms with E-state index in [1.165, 1.54) is 6.33 Å². The number of carbonyl (C=O) groups is 1. The fourth-order valence-corrected chi connectivity index (χ4v) is 3.84. The lowest BCUT2D eigenvalue weighted by molar-refractivity contribution is -0.142. The first kappa shape index (κ1) is 18.3. The summed E-state index contributed by atoms with van der Waals surface area (Å²) in [5.74, 6) is -1.89. The maximum absolute atomic E-state index is 11.1. The first-order valence-electron chi connectivity index (χ1n) is 9.14. The summed E-state index contributed by atoms with van der Waals surface area (Å²) in [6.45, 7) is 0. The first-order valence-corrected chi connectivity index (χ1v) is 9.14. The topological polar surface area (TPSA) is 163 Å². The van der Waals surface area contributed by atoms with Crippen molar-refractivity contribution in [1.29, 1.82) is 0 Å². The number of aliphatic imine (C=N–C) groups is 1. The van der Waals surface area contributed by atoms with Crippen molar-refractivity contribution in [1.82, 2.24) is 9.97 Å². The maximum atomic E-state index is 11.1. The van der Waals surface area contributed by atoms with Crippen molar-refractivity contribution in [2.24, 2.45) is 22.4 Å². The minimum atomic E-state index is -1.64. The monoisotopic (exact) mass is 382 g/mol. The van der Waals surface area contributed by atoms with E-state index in [-0.39, 0.29) is 17.6 Å². The first-order chi connectivity index (χ1) is 13.3. The molecule has 1 fully saturated rings. The number of anilines is 1. The van der Waals surface area contributed by atoms with Crippen LogP contribution in [0.4, 0.5) is 11.5 Å². The highest BCUT2D eigenvalue weighted by molar-refractivity contribution is 6.09. The van der Waals surface area contributed by atoms with Gasteiger partial charge in [0.15, 0.2) is 11.5 Å². The van der Waals surface area contributed by atoms with Crippen LogP contribution in [0.25, 0.3) is 0 Å². The van der Waals surface area contributed by atoms with Crippen molar-refractivity contribution in [3.63, 3.8) is 0 Å². The van der Waals surface area contributed by atoms with Gasteiger partial charge in [0.1, 0.15) is 12.0 Å². The van der Waals surface area contributed by atoms with Gasteiger partial charge in [0.05, 0.1) is 5.92 Å². The Labute approximate surface area is 161 Å². The number of hydrogen-bond donors (Lipinski definition) is 4. The van der Waals surface area contributed by atoms with Crippen molar-refractivity contribution in [3.05, 3.63) is 41.7 Å². The van der Waals surface area contributed by atoms with Gasteiger partial charge in [0.2, 0.25) is 5.88 Å². The lowest BCUT2D eigenvalue weighted by Crippen LogP contribution is -2.62. The highest BCUT2D eigenvalue weighted by atomic mass is 16.5. The van der Waals surface area contributed by atoms with Crippen LogP contribution in [0.1, 0.15) is 42.7 Å². The zero-order chi connectivity index (χ0) is 19.9. The third-order valence-corrected chi connectivity index (χ3v) is 5.41. The third kappa shape index (κ3) is 3.30. The molecule has 0 amide bonds. The van der Waals surface area contributed by atoms with E-state index >= 15 is 0 Å². The number of hydrogen-bond acceptors (Lipinski definition) is 8. The Hall–Kier alpha value is -3.04. The predicted octanol–water partition coefficient (Wildman–Crippen LogP) is 1.50. The van der Waals surface area contributed by atoms with Gasteiger partial charge in [0.25, 0.3) is 5.85 Å². The second-order valence-electron chi connectivity index (χ2n) is 7.28. The molecule has 2 heterocycles. The molecule has 0 unspecified atom stereocenters. The highest BCUT2D eigenvalue weighted by Crippen LogP contribution is 2.38. The summed E-state index contributed by atoms with van der Waals surface area (Å²) >= 11 is 0. The molecular weight excluding hydrogens is 360 g/mol. The van der Waals surface area contributed by atoms with Crippen molar-refractivity contribution in [2.75, 3.05) is 5.73 Å². The lowest BCUT2D eigenvalue weighted by Gasteiger charge is -2.31. The number of aliphatic carboxylic acids is 1. The summed E-state index contributed by atoms with van der Waals surface area (Å²) in [5.41, 5.74) is 20.6. The van der Waals surface area contributed by atoms with E-state index in [1.807, 2.05) is 24.3 Å². The zero-order valence-corrected chi connectivity index (χ0v) is 15.2. The summed E-state index contributed by atoms with van der Waals surface area (Å²) < 4.78 is 5.59. The van der Waals surface area contributed by atoms with E-state index in [9.17, 15) is 4.79 Å². The SMILES string of the molecule is Nc1ncnc2c1N=C(c1ccc(C3CCC(C(=O)O)CC3)cc1)C(N)(N)O2. The molecular formula is C19H22N6O3. The van der Waals surface area contributed by atoms with E-state index < -0.39 is 11.8 Å². The van der Waals surface area contributed by atoms with Gasteiger partial charge in [-0.3, -0.25) is 16.3 Å². The van der Waals surface area contributed by atoms with Gasteiger partial charge in [-0.25, -0.2) is 9.98 Å². The number of benzene rings is 1. The van der Waals surface area contributed by atoms with Crippen LogP contribution in [-0.2, 0) is 4.79 Å². The van der Waals surface area contributed by atoms with E-state index in [0.717, 1.165) is 18.4 Å². The molecule has 1 saturated carbocycles. The molecule has 2 aliphatic rings. The molecule has 9 heteroatoms. The Balaban J connectivity index is 1.59. The van der Waals surface area contributed by atoms with Crippen LogP contribution >= 0.6 is 0 Å². The Morgan fingerprint density at radius 1 is 1.11 bits per heavy atom. The summed E-state index contributed by atoms with van der Waals surface area (Å²) in [7, 11) is 0. The smallest absolute Gasteiger partial charge is 0.306 e. The van der Waals surface area contributed by atoms with Crippen LogP contribution in [0.5, 0.6) is 5.88 Å². The number of carboxylic acid groups (broad SMARTS) is 1. The highest BCUT2D eigenvalue weighted by Gasteiger charge is 2.37. The molecule has 1 aromatic carbocycles. The molecule has 9 nitrogen and oxygen atoms in total. The van der Waals surface area contributed by atoms with Gasteiger partial charge in [-0.2, -0.15) is 4.98 Å². The van der Waals surface area contributed by atoms with Crippen LogP contribution in [0.3, 0.4) is 0 Å². The van der Waals surface area contributed by atoms with Crippen molar-refractivity contribution in [3.8, 4) is 5.88 Å². The van der Waals surface area contributed by atoms with Crippen molar-refractivity contribution in [2.45, 2.75) is 37.5 Å². The summed E-state index contributed by atoms with van der Waals surface area (Å²) in [6, 6.07) is 7.78. The standard InChI is InChI=1S/C19H22N6O3/c20-16-14-17(24-9-23-16)28-19(21,22)15(25-14)12-5-1-10(2-6-12)11-3-7-13(8-4-11)18(26)27/h1-2,5-6,9,11,13H,3-4,7-8,21-22H2,(H,26,27)(H2,20,23,24). The molecule has 28 heavy (non-hydrogen) atoms. The van der Waals surface area contributed by atoms with Gasteiger partial charge in [-0.05, 0) is 37.2 Å². The minimum absolute atomic E-state index is 0.146.